The van der Waals surface area contributed by atoms with Gasteiger partial charge in [0.2, 0.25) is 5.91 Å². The number of piperazine rings is 1. The van der Waals surface area contributed by atoms with Gasteiger partial charge in [-0.15, -0.1) is 0 Å². The van der Waals surface area contributed by atoms with Crippen LogP contribution in [0.15, 0.2) is 73.2 Å². The lowest BCUT2D eigenvalue weighted by molar-refractivity contribution is -0.115. The molecule has 0 atom stereocenters. The van der Waals surface area contributed by atoms with E-state index in [1.54, 1.807) is 24.7 Å². The Morgan fingerprint density at radius 3 is 2.69 bits per heavy atom. The van der Waals surface area contributed by atoms with Gasteiger partial charge in [0, 0.05) is 49.5 Å². The molecule has 0 unspecified atom stereocenters. The lowest BCUT2D eigenvalue weighted by Crippen LogP contribution is -2.44. The monoisotopic (exact) mass is 561 g/mol. The van der Waals surface area contributed by atoms with Crippen molar-refractivity contribution in [1.82, 2.24) is 35.0 Å². The highest BCUT2D eigenvalue weighted by Crippen LogP contribution is 2.34. The molecule has 1 fully saturated rings. The molecule has 11 heteroatoms. The van der Waals surface area contributed by atoms with Gasteiger partial charge in [0.1, 0.15) is 16.7 Å². The number of nitrogens with one attached hydrogen (secondary N) is 3. The third-order valence-electron chi connectivity index (χ3n) is 7.63. The number of carbonyl (C=O) groups excluding carboxylic acids is 1. The number of nitrogens with zero attached hydrogens (tertiary/aromatic N) is 6. The number of benzene rings is 2. The topological polar surface area (TPSA) is 119 Å². The Morgan fingerprint density at radius 2 is 1.86 bits per heavy atom. The van der Waals surface area contributed by atoms with Crippen molar-refractivity contribution in [2.24, 2.45) is 0 Å². The molecule has 0 spiro atoms. The van der Waals surface area contributed by atoms with E-state index in [1.165, 1.54) is 6.07 Å². The van der Waals surface area contributed by atoms with E-state index in [1.807, 2.05) is 42.5 Å². The zero-order valence-electron chi connectivity index (χ0n) is 22.9. The fraction of sp³-hybridized carbons (Fsp3) is 0.194. The maximum absolute atomic E-state index is 15.3. The molecule has 1 aliphatic heterocycles. The van der Waals surface area contributed by atoms with Crippen molar-refractivity contribution in [2.75, 3.05) is 43.4 Å². The number of rotatable bonds is 6. The first-order valence-electron chi connectivity index (χ1n) is 13.8. The summed E-state index contributed by atoms with van der Waals surface area (Å²) in [5, 5.41) is 10.7. The van der Waals surface area contributed by atoms with Crippen LogP contribution in [0.1, 0.15) is 5.56 Å². The van der Waals surface area contributed by atoms with Crippen molar-refractivity contribution in [3.8, 4) is 22.6 Å². The molecule has 0 bridgehead atoms. The second kappa shape index (κ2) is 10.7. The smallest absolute Gasteiger partial charge is 0.228 e. The van der Waals surface area contributed by atoms with Crippen LogP contribution in [-0.4, -0.2) is 74.2 Å². The summed E-state index contributed by atoms with van der Waals surface area (Å²) in [5.41, 5.74) is 5.93. The molecular weight excluding hydrogens is 533 g/mol. The summed E-state index contributed by atoms with van der Waals surface area (Å²) in [7, 11) is 2.12. The van der Waals surface area contributed by atoms with Gasteiger partial charge in [0.05, 0.1) is 24.0 Å². The minimum atomic E-state index is -0.476. The quantitative estimate of drug-likeness (QED) is 0.271. The zero-order valence-corrected chi connectivity index (χ0v) is 22.9. The van der Waals surface area contributed by atoms with Crippen molar-refractivity contribution in [2.45, 2.75) is 6.42 Å². The summed E-state index contributed by atoms with van der Waals surface area (Å²) >= 11 is 0. The number of hydrogen-bond donors (Lipinski definition) is 3. The van der Waals surface area contributed by atoms with E-state index >= 15 is 4.39 Å². The molecule has 1 aliphatic rings. The highest BCUT2D eigenvalue weighted by atomic mass is 19.1. The Labute approximate surface area is 240 Å². The van der Waals surface area contributed by atoms with E-state index in [-0.39, 0.29) is 17.8 Å². The average Bonchev–Trinajstić information content (AvgIpc) is 3.63. The molecule has 42 heavy (non-hydrogen) atoms. The summed E-state index contributed by atoms with van der Waals surface area (Å²) in [6.45, 7) is 3.77. The second-order valence-corrected chi connectivity index (χ2v) is 10.5. The molecule has 4 aromatic heterocycles. The van der Waals surface area contributed by atoms with E-state index in [0.717, 1.165) is 42.9 Å². The fourth-order valence-electron chi connectivity index (χ4n) is 5.40. The van der Waals surface area contributed by atoms with Crippen LogP contribution >= 0.6 is 0 Å². The van der Waals surface area contributed by atoms with Gasteiger partial charge in [-0.3, -0.25) is 14.9 Å². The van der Waals surface area contributed by atoms with Gasteiger partial charge >= 0.3 is 0 Å². The fourth-order valence-corrected chi connectivity index (χ4v) is 5.40. The number of H-pyrrole nitrogens is 2. The number of amides is 1. The van der Waals surface area contributed by atoms with Gasteiger partial charge in [-0.25, -0.2) is 14.4 Å². The van der Waals surface area contributed by atoms with Crippen molar-refractivity contribution in [3.05, 3.63) is 84.6 Å². The van der Waals surface area contributed by atoms with Crippen molar-refractivity contribution >= 4 is 39.3 Å². The van der Waals surface area contributed by atoms with Crippen LogP contribution in [0.2, 0.25) is 0 Å². The average molecular weight is 562 g/mol. The first-order chi connectivity index (χ1) is 20.5. The Bertz CT molecular complexity index is 1910. The Balaban J connectivity index is 1.21. The maximum Gasteiger partial charge on any atom is 0.228 e. The second-order valence-electron chi connectivity index (χ2n) is 10.5. The molecule has 6 aromatic rings. The number of imidazole rings is 1. The third-order valence-corrected chi connectivity index (χ3v) is 7.63. The largest absolute Gasteiger partial charge is 0.367 e. The van der Waals surface area contributed by atoms with Crippen LogP contribution in [0.4, 0.5) is 15.8 Å². The molecule has 0 aliphatic carbocycles. The third kappa shape index (κ3) is 4.94. The highest BCUT2D eigenvalue weighted by Gasteiger charge is 2.21. The van der Waals surface area contributed by atoms with Crippen molar-refractivity contribution < 1.29 is 9.18 Å². The van der Waals surface area contributed by atoms with Gasteiger partial charge in [-0.1, -0.05) is 30.3 Å². The van der Waals surface area contributed by atoms with Crippen molar-refractivity contribution in [1.29, 1.82) is 0 Å². The van der Waals surface area contributed by atoms with Gasteiger partial charge in [-0.2, -0.15) is 5.10 Å². The van der Waals surface area contributed by atoms with Gasteiger partial charge < -0.3 is 20.1 Å². The lowest BCUT2D eigenvalue weighted by Gasteiger charge is -2.34. The number of halogens is 1. The SMILES string of the molecule is CN1CCN(c2ccnc3nc(-c4[nH]nc5c(F)cc(-c6cncc(NC(=O)Cc7ccccc7)c6)cc45)[nH]c23)CC1. The maximum atomic E-state index is 15.3. The number of fused-ring (bicyclic) bond motifs is 2. The Hall–Kier alpha value is -5.16. The molecule has 10 nitrogen and oxygen atoms in total. The molecule has 5 heterocycles. The number of likely N-dealkylation sites (N-methyl/N-ethyl adjacent to an activating group) is 1. The Kier molecular flexibility index (Phi) is 6.55. The first kappa shape index (κ1) is 25.8. The van der Waals surface area contributed by atoms with Gasteiger partial charge in [-0.05, 0) is 42.4 Å². The summed E-state index contributed by atoms with van der Waals surface area (Å²) < 4.78 is 15.3. The number of pyridine rings is 2. The molecule has 210 valence electrons. The molecule has 0 saturated carbocycles. The molecule has 0 radical (unpaired) electrons. The predicted octanol–water partition coefficient (Wildman–Crippen LogP) is 4.64. The summed E-state index contributed by atoms with van der Waals surface area (Å²) in [6, 6.07) is 16.6. The predicted molar refractivity (Wildman–Crippen MR) is 161 cm³/mol. The zero-order chi connectivity index (χ0) is 28.6. The molecule has 1 saturated heterocycles. The summed E-state index contributed by atoms with van der Waals surface area (Å²) in [5.74, 6) is -0.109. The summed E-state index contributed by atoms with van der Waals surface area (Å²) in [4.78, 5) is 34.2. The van der Waals surface area contributed by atoms with E-state index in [2.05, 4.69) is 47.3 Å². The minimum absolute atomic E-state index is 0.159. The molecule has 3 N–H and O–H groups in total. The van der Waals surface area contributed by atoms with E-state index in [9.17, 15) is 4.79 Å². The Morgan fingerprint density at radius 1 is 1.02 bits per heavy atom. The van der Waals surface area contributed by atoms with Crippen LogP contribution in [-0.2, 0) is 11.2 Å². The van der Waals surface area contributed by atoms with Gasteiger partial charge in [0.15, 0.2) is 17.3 Å². The molecule has 1 amide bonds. The molecule has 7 rings (SSSR count). The molecule has 2 aromatic carbocycles. The van der Waals surface area contributed by atoms with Crippen LogP contribution < -0.4 is 10.2 Å². The van der Waals surface area contributed by atoms with E-state index < -0.39 is 5.82 Å². The standard InChI is InChI=1S/C31H28FN9O/c1-40-9-11-41(12-10-40)25-7-8-34-30-29(25)36-31(37-30)28-23-15-20(16-24(32)27(23)38-39-28)21-14-22(18-33-17-21)35-26(42)13-19-5-3-2-4-6-19/h2-8,14-18H,9-13H2,1H3,(H,35,42)(H,38,39)(H,34,36,37). The number of hydrogen-bond acceptors (Lipinski definition) is 7. The van der Waals surface area contributed by atoms with E-state index in [0.29, 0.717) is 39.4 Å². The van der Waals surface area contributed by atoms with Gasteiger partial charge in [0.25, 0.3) is 0 Å². The molecular formula is C31H28FN9O. The summed E-state index contributed by atoms with van der Waals surface area (Å²) in [6.07, 6.45) is 5.22. The minimum Gasteiger partial charge on any atom is -0.367 e. The lowest BCUT2D eigenvalue weighted by atomic mass is 10.0. The van der Waals surface area contributed by atoms with Crippen LogP contribution in [0, 0.1) is 5.82 Å². The normalized spacial score (nSPS) is 14.1. The van der Waals surface area contributed by atoms with Crippen LogP contribution in [0.3, 0.4) is 0 Å². The highest BCUT2D eigenvalue weighted by molar-refractivity contribution is 5.97. The first-order valence-corrected chi connectivity index (χ1v) is 13.8. The van der Waals surface area contributed by atoms with E-state index in [4.69, 9.17) is 4.98 Å². The number of carbonyl (C=O) groups is 1. The van der Waals surface area contributed by atoms with Crippen LogP contribution in [0.25, 0.3) is 44.7 Å². The number of aromatic amines is 2. The van der Waals surface area contributed by atoms with Crippen LogP contribution in [0.5, 0.6) is 0 Å². The number of anilines is 2. The number of aromatic nitrogens is 6. The van der Waals surface area contributed by atoms with Crippen molar-refractivity contribution in [3.63, 3.8) is 0 Å².